The second kappa shape index (κ2) is 14.7. The van der Waals surface area contributed by atoms with Crippen molar-refractivity contribution in [2.45, 2.75) is 51.0 Å². The van der Waals surface area contributed by atoms with Crippen molar-refractivity contribution in [3.05, 3.63) is 70.3 Å². The van der Waals surface area contributed by atoms with E-state index in [1.54, 1.807) is 30.1 Å². The second-order valence-corrected chi connectivity index (χ2v) is 10.9. The van der Waals surface area contributed by atoms with Gasteiger partial charge in [0.1, 0.15) is 5.75 Å². The maximum atomic E-state index is 11.4. The van der Waals surface area contributed by atoms with Gasteiger partial charge in [-0.15, -0.1) is 0 Å². The van der Waals surface area contributed by atoms with Gasteiger partial charge in [0.2, 0.25) is 0 Å². The van der Waals surface area contributed by atoms with Gasteiger partial charge in [-0.2, -0.15) is 0 Å². The summed E-state index contributed by atoms with van der Waals surface area (Å²) in [6.07, 6.45) is 9.98. The number of nitrogens with zero attached hydrogens (tertiary/aromatic N) is 2. The molecule has 0 saturated heterocycles. The Labute approximate surface area is 230 Å². The Bertz CT molecular complexity index is 1060. The molecular weight excluding hydrogens is 508 g/mol. The summed E-state index contributed by atoms with van der Waals surface area (Å²) in [5.74, 6) is -0.404. The average molecular weight is 547 g/mol. The molecule has 2 unspecified atom stereocenters. The Morgan fingerprint density at radius 2 is 2.08 bits per heavy atom. The summed E-state index contributed by atoms with van der Waals surface area (Å²) in [5.41, 5.74) is 3.69. The highest BCUT2D eigenvalue weighted by molar-refractivity contribution is 7.96. The smallest absolute Gasteiger partial charge is 0.337 e. The zero-order valence-electron chi connectivity index (χ0n) is 22.0. The van der Waals surface area contributed by atoms with Gasteiger partial charge < -0.3 is 19.8 Å². The number of allylic oxidation sites excluding steroid dienone is 1. The van der Waals surface area contributed by atoms with Crippen molar-refractivity contribution in [3.8, 4) is 5.75 Å². The van der Waals surface area contributed by atoms with Crippen molar-refractivity contribution in [2.75, 3.05) is 44.4 Å². The van der Waals surface area contributed by atoms with Crippen molar-refractivity contribution in [3.63, 3.8) is 0 Å². The van der Waals surface area contributed by atoms with Gasteiger partial charge in [-0.05, 0) is 79.9 Å². The molecule has 0 bridgehead atoms. The minimum Gasteiger partial charge on any atom is -0.491 e. The van der Waals surface area contributed by atoms with E-state index < -0.39 is 12.1 Å². The van der Waals surface area contributed by atoms with E-state index >= 15 is 0 Å². The quantitative estimate of drug-likeness (QED) is 0.173. The van der Waals surface area contributed by atoms with Gasteiger partial charge in [-0.25, -0.2) is 4.79 Å². The van der Waals surface area contributed by atoms with E-state index in [-0.39, 0.29) is 5.92 Å². The van der Waals surface area contributed by atoms with Crippen LogP contribution in [0.15, 0.2) is 48.6 Å². The van der Waals surface area contributed by atoms with E-state index in [1.165, 1.54) is 11.1 Å². The van der Waals surface area contributed by atoms with Crippen LogP contribution in [0.4, 0.5) is 5.69 Å². The number of benzene rings is 2. The molecule has 1 aliphatic rings. The van der Waals surface area contributed by atoms with E-state index in [2.05, 4.69) is 53.7 Å². The zero-order chi connectivity index (χ0) is 26.8. The molecule has 0 amide bonds. The molecule has 1 heterocycles. The number of halogens is 1. The average Bonchev–Trinajstić information content (AvgIpc) is 3.07. The topological polar surface area (TPSA) is 73.2 Å². The van der Waals surface area contributed by atoms with Gasteiger partial charge in [0.15, 0.2) is 6.10 Å². The first-order chi connectivity index (χ1) is 17.8. The number of carboxylic acids is 1. The molecule has 3 rings (SSSR count). The van der Waals surface area contributed by atoms with Gasteiger partial charge in [-0.1, -0.05) is 61.2 Å². The lowest BCUT2D eigenvalue weighted by molar-refractivity contribution is -0.146. The van der Waals surface area contributed by atoms with Gasteiger partial charge >= 0.3 is 5.97 Å². The number of unbranched alkanes of at least 4 members (excludes halogenated alkanes) is 2. The van der Waals surface area contributed by atoms with Crippen LogP contribution in [0.1, 0.15) is 61.3 Å². The van der Waals surface area contributed by atoms with Gasteiger partial charge in [0, 0.05) is 30.6 Å². The molecule has 2 aromatic carbocycles. The molecule has 1 aliphatic heterocycles. The minimum absolute atomic E-state index is 0.140. The van der Waals surface area contributed by atoms with Crippen LogP contribution < -0.4 is 9.64 Å². The first kappa shape index (κ1) is 29.4. The molecule has 0 aliphatic carbocycles. The molecule has 2 atom stereocenters. The molecule has 0 radical (unpaired) electrons. The molecule has 0 saturated carbocycles. The minimum atomic E-state index is -1.57. The number of carboxylic acid groups (broad SMARTS) is 1. The monoisotopic (exact) mass is 546 g/mol. The number of rotatable bonds is 13. The molecule has 37 heavy (non-hydrogen) atoms. The van der Waals surface area contributed by atoms with Crippen LogP contribution in [0.25, 0.3) is 0 Å². The SMILES string of the molecule is CCCc1cc(Cl)ccc1C1COc2ccc(C(O)C(=O)O)cc2N(CCCC/C=C/CN(C)SC)C1. The zero-order valence-corrected chi connectivity index (χ0v) is 23.6. The fraction of sp³-hybridized carbons (Fsp3) is 0.483. The Kier molecular flexibility index (Phi) is 11.6. The van der Waals surface area contributed by atoms with E-state index in [4.69, 9.17) is 16.3 Å². The summed E-state index contributed by atoms with van der Waals surface area (Å²) in [7, 11) is 2.08. The first-order valence-electron chi connectivity index (χ1n) is 12.9. The fourth-order valence-electron chi connectivity index (χ4n) is 4.66. The molecule has 0 spiro atoms. The molecule has 0 aromatic heterocycles. The Hall–Kier alpha value is -2.19. The summed E-state index contributed by atoms with van der Waals surface area (Å²) >= 11 is 8.04. The van der Waals surface area contributed by atoms with Crippen molar-refractivity contribution >= 4 is 35.2 Å². The lowest BCUT2D eigenvalue weighted by atomic mass is 9.92. The number of carbonyl (C=O) groups is 1. The summed E-state index contributed by atoms with van der Waals surface area (Å²) in [6, 6.07) is 11.3. The highest BCUT2D eigenvalue weighted by Crippen LogP contribution is 2.38. The number of hydrogen-bond acceptors (Lipinski definition) is 6. The predicted octanol–water partition coefficient (Wildman–Crippen LogP) is 6.33. The van der Waals surface area contributed by atoms with Crippen molar-refractivity contribution in [1.82, 2.24) is 4.31 Å². The van der Waals surface area contributed by atoms with E-state index in [0.717, 1.165) is 68.2 Å². The number of likely N-dealkylation sites (N-methyl/N-ethyl adjacent to an activating group) is 1. The molecule has 8 heteroatoms. The van der Waals surface area contributed by atoms with Crippen LogP contribution >= 0.6 is 23.5 Å². The Balaban J connectivity index is 1.81. The van der Waals surface area contributed by atoms with Crippen LogP contribution in [0, 0.1) is 0 Å². The van der Waals surface area contributed by atoms with Crippen LogP contribution in [0.5, 0.6) is 5.75 Å². The van der Waals surface area contributed by atoms with Crippen LogP contribution in [0.3, 0.4) is 0 Å². The third-order valence-corrected chi connectivity index (χ3v) is 7.72. The number of fused-ring (bicyclic) bond motifs is 1. The molecule has 2 aromatic rings. The largest absolute Gasteiger partial charge is 0.491 e. The highest BCUT2D eigenvalue weighted by Gasteiger charge is 2.27. The van der Waals surface area contributed by atoms with Crippen LogP contribution in [-0.2, 0) is 11.2 Å². The van der Waals surface area contributed by atoms with Crippen molar-refractivity contribution in [1.29, 1.82) is 0 Å². The lowest BCUT2D eigenvalue weighted by Crippen LogP contribution is -2.30. The van der Waals surface area contributed by atoms with E-state index in [9.17, 15) is 15.0 Å². The molecule has 0 fully saturated rings. The Morgan fingerprint density at radius 1 is 1.27 bits per heavy atom. The summed E-state index contributed by atoms with van der Waals surface area (Å²) in [4.78, 5) is 13.7. The summed E-state index contributed by atoms with van der Waals surface area (Å²) in [5, 5.41) is 20.3. The molecule has 2 N–H and O–H groups in total. The lowest BCUT2D eigenvalue weighted by Gasteiger charge is -2.28. The number of ether oxygens (including phenoxy) is 1. The second-order valence-electron chi connectivity index (χ2n) is 9.48. The highest BCUT2D eigenvalue weighted by atomic mass is 35.5. The van der Waals surface area contributed by atoms with E-state index in [0.29, 0.717) is 12.2 Å². The summed E-state index contributed by atoms with van der Waals surface area (Å²) < 4.78 is 8.45. The molecular formula is C29H39ClN2O4S. The number of aliphatic carboxylic acids is 1. The maximum Gasteiger partial charge on any atom is 0.337 e. The number of aliphatic hydroxyl groups excluding tert-OH is 1. The predicted molar refractivity (Wildman–Crippen MR) is 154 cm³/mol. The van der Waals surface area contributed by atoms with Crippen LogP contribution in [-0.4, -0.2) is 60.0 Å². The van der Waals surface area contributed by atoms with E-state index in [1.807, 2.05) is 6.07 Å². The third kappa shape index (κ3) is 8.40. The van der Waals surface area contributed by atoms with Gasteiger partial charge in [0.25, 0.3) is 0 Å². The number of aliphatic hydroxyl groups is 1. The summed E-state index contributed by atoms with van der Waals surface area (Å²) in [6.45, 7) is 5.17. The Morgan fingerprint density at radius 3 is 2.81 bits per heavy atom. The fourth-order valence-corrected chi connectivity index (χ4v) is 5.09. The van der Waals surface area contributed by atoms with Crippen LogP contribution in [0.2, 0.25) is 5.02 Å². The van der Waals surface area contributed by atoms with Crippen molar-refractivity contribution in [2.24, 2.45) is 0 Å². The van der Waals surface area contributed by atoms with Crippen molar-refractivity contribution < 1.29 is 19.7 Å². The number of anilines is 1. The maximum absolute atomic E-state index is 11.4. The molecule has 6 nitrogen and oxygen atoms in total. The number of aryl methyl sites for hydroxylation is 1. The number of hydrogen-bond donors (Lipinski definition) is 2. The van der Waals surface area contributed by atoms with Gasteiger partial charge in [0.05, 0.1) is 12.3 Å². The standard InChI is InChI=1S/C29H39ClN2O4S/c1-4-10-21-17-24(30)12-13-25(21)23-19-32(16-9-7-5-6-8-15-31(2)37-3)26-18-22(28(33)29(34)35)11-14-27(26)36-20-23/h6,8,11-14,17-18,23,28,33H,4-5,7,9-10,15-16,19-20H2,1-3H3,(H,34,35)/b8-6+. The van der Waals surface area contributed by atoms with Gasteiger partial charge in [-0.3, -0.25) is 4.31 Å². The normalized spacial score (nSPS) is 16.5. The molecule has 202 valence electrons. The first-order valence-corrected chi connectivity index (χ1v) is 14.5. The third-order valence-electron chi connectivity index (χ3n) is 6.71.